The lowest BCUT2D eigenvalue weighted by Gasteiger charge is -2.16. The van der Waals surface area contributed by atoms with E-state index in [1.807, 2.05) is 6.92 Å². The monoisotopic (exact) mass is 307 g/mol. The predicted molar refractivity (Wildman–Crippen MR) is 90.8 cm³/mol. The number of benzene rings is 2. The number of carbonyl (C=O) groups is 1. The molecule has 1 aliphatic carbocycles. The Hall–Kier alpha value is -2.29. The van der Waals surface area contributed by atoms with Gasteiger partial charge in [-0.25, -0.2) is 0 Å². The Bertz CT molecular complexity index is 766. The third-order valence-corrected chi connectivity index (χ3v) is 4.97. The van der Waals surface area contributed by atoms with Crippen molar-refractivity contribution in [2.24, 2.45) is 0 Å². The van der Waals surface area contributed by atoms with Crippen molar-refractivity contribution in [3.8, 4) is 16.9 Å². The molecule has 23 heavy (non-hydrogen) atoms. The van der Waals surface area contributed by atoms with Gasteiger partial charge < -0.3 is 10.1 Å². The van der Waals surface area contributed by atoms with E-state index in [2.05, 4.69) is 41.7 Å². The minimum Gasteiger partial charge on any atom is -0.493 e. The van der Waals surface area contributed by atoms with Gasteiger partial charge in [0, 0.05) is 30.9 Å². The van der Waals surface area contributed by atoms with Crippen molar-refractivity contribution in [1.82, 2.24) is 5.32 Å². The standard InChI is InChI=1S/C20H21NO2/c1-2-19(22)21-11-9-16-14-6-4-3-5-13(14)15-7-8-18-17(20(15)16)10-12-23-18/h3-8,16H,2,9-12H2,1H3,(H,21,22). The first-order chi connectivity index (χ1) is 11.3. The summed E-state index contributed by atoms with van der Waals surface area (Å²) in [6.45, 7) is 3.39. The summed E-state index contributed by atoms with van der Waals surface area (Å²) in [6.07, 6.45) is 2.47. The molecule has 2 aromatic rings. The first-order valence-corrected chi connectivity index (χ1v) is 8.44. The van der Waals surface area contributed by atoms with Gasteiger partial charge in [-0.3, -0.25) is 4.79 Å². The summed E-state index contributed by atoms with van der Waals surface area (Å²) in [4.78, 5) is 11.5. The average Bonchev–Trinajstić information content (AvgIpc) is 3.17. The zero-order chi connectivity index (χ0) is 15.8. The van der Waals surface area contributed by atoms with Crippen molar-refractivity contribution in [3.05, 3.63) is 53.1 Å². The minimum atomic E-state index is 0.123. The van der Waals surface area contributed by atoms with Crippen LogP contribution in [0.4, 0.5) is 0 Å². The van der Waals surface area contributed by atoms with Crippen LogP contribution in [0.15, 0.2) is 36.4 Å². The number of hydrogen-bond donors (Lipinski definition) is 1. The number of ether oxygens (including phenoxy) is 1. The molecule has 0 spiro atoms. The van der Waals surface area contributed by atoms with Crippen LogP contribution in [0, 0.1) is 0 Å². The molecule has 2 aliphatic rings. The molecule has 0 saturated carbocycles. The average molecular weight is 307 g/mol. The van der Waals surface area contributed by atoms with Gasteiger partial charge in [0.25, 0.3) is 0 Å². The maximum Gasteiger partial charge on any atom is 0.219 e. The largest absolute Gasteiger partial charge is 0.493 e. The van der Waals surface area contributed by atoms with Crippen molar-refractivity contribution < 1.29 is 9.53 Å². The van der Waals surface area contributed by atoms with Crippen LogP contribution in [0.5, 0.6) is 5.75 Å². The van der Waals surface area contributed by atoms with Gasteiger partial charge >= 0.3 is 0 Å². The van der Waals surface area contributed by atoms with E-state index in [0.717, 1.165) is 31.7 Å². The fourth-order valence-corrected chi connectivity index (χ4v) is 3.92. The fourth-order valence-electron chi connectivity index (χ4n) is 3.92. The third-order valence-electron chi connectivity index (χ3n) is 4.97. The zero-order valence-corrected chi connectivity index (χ0v) is 13.4. The molecule has 1 aliphatic heterocycles. The quantitative estimate of drug-likeness (QED) is 0.936. The molecule has 118 valence electrons. The fraction of sp³-hybridized carbons (Fsp3) is 0.350. The number of carbonyl (C=O) groups excluding carboxylic acids is 1. The van der Waals surface area contributed by atoms with E-state index in [0.29, 0.717) is 12.3 Å². The SMILES string of the molecule is CCC(=O)NCCC1c2ccccc2-c2ccc3c(c21)CCO3. The first-order valence-electron chi connectivity index (χ1n) is 8.44. The van der Waals surface area contributed by atoms with Crippen LogP contribution >= 0.6 is 0 Å². The number of amides is 1. The van der Waals surface area contributed by atoms with E-state index < -0.39 is 0 Å². The number of fused-ring (bicyclic) bond motifs is 5. The molecule has 0 radical (unpaired) electrons. The van der Waals surface area contributed by atoms with Crippen molar-refractivity contribution >= 4 is 5.91 Å². The second-order valence-electron chi connectivity index (χ2n) is 6.23. The highest BCUT2D eigenvalue weighted by atomic mass is 16.5. The maximum atomic E-state index is 11.5. The summed E-state index contributed by atoms with van der Waals surface area (Å²) < 4.78 is 5.76. The second kappa shape index (κ2) is 5.73. The van der Waals surface area contributed by atoms with Gasteiger partial charge in [-0.15, -0.1) is 0 Å². The molecular formula is C20H21NO2. The summed E-state index contributed by atoms with van der Waals surface area (Å²) in [7, 11) is 0. The predicted octanol–water partition coefficient (Wildman–Crippen LogP) is 3.65. The molecule has 0 saturated heterocycles. The van der Waals surface area contributed by atoms with Gasteiger partial charge in [-0.2, -0.15) is 0 Å². The summed E-state index contributed by atoms with van der Waals surface area (Å²) in [5.74, 6) is 1.52. The summed E-state index contributed by atoms with van der Waals surface area (Å²) in [5, 5.41) is 3.02. The van der Waals surface area contributed by atoms with E-state index >= 15 is 0 Å². The van der Waals surface area contributed by atoms with Crippen molar-refractivity contribution in [1.29, 1.82) is 0 Å². The molecule has 2 aromatic carbocycles. The molecule has 1 unspecified atom stereocenters. The number of hydrogen-bond acceptors (Lipinski definition) is 2. The van der Waals surface area contributed by atoms with Crippen LogP contribution in [0.2, 0.25) is 0 Å². The molecule has 1 atom stereocenters. The van der Waals surface area contributed by atoms with Crippen molar-refractivity contribution in [3.63, 3.8) is 0 Å². The highest BCUT2D eigenvalue weighted by Gasteiger charge is 2.33. The summed E-state index contributed by atoms with van der Waals surface area (Å²) in [5.41, 5.74) is 6.85. The Morgan fingerprint density at radius 1 is 1.22 bits per heavy atom. The lowest BCUT2D eigenvalue weighted by atomic mass is 9.89. The molecule has 0 bridgehead atoms. The van der Waals surface area contributed by atoms with Crippen LogP contribution < -0.4 is 10.1 Å². The highest BCUT2D eigenvalue weighted by Crippen LogP contribution is 2.50. The Morgan fingerprint density at radius 2 is 2.09 bits per heavy atom. The topological polar surface area (TPSA) is 38.3 Å². The minimum absolute atomic E-state index is 0.123. The van der Waals surface area contributed by atoms with E-state index in [4.69, 9.17) is 4.74 Å². The Labute approximate surface area is 136 Å². The highest BCUT2D eigenvalue weighted by molar-refractivity contribution is 5.81. The molecule has 3 heteroatoms. The Kier molecular flexibility index (Phi) is 3.56. The van der Waals surface area contributed by atoms with Gasteiger partial charge in [0.05, 0.1) is 6.61 Å². The Morgan fingerprint density at radius 3 is 2.96 bits per heavy atom. The second-order valence-corrected chi connectivity index (χ2v) is 6.23. The van der Waals surface area contributed by atoms with Crippen molar-refractivity contribution in [2.75, 3.05) is 13.2 Å². The van der Waals surface area contributed by atoms with E-state index in [-0.39, 0.29) is 5.91 Å². The molecule has 0 aromatic heterocycles. The molecule has 1 N–H and O–H groups in total. The summed E-state index contributed by atoms with van der Waals surface area (Å²) in [6, 6.07) is 13.0. The van der Waals surface area contributed by atoms with Gasteiger partial charge in [-0.05, 0) is 34.7 Å². The Balaban J connectivity index is 1.71. The van der Waals surface area contributed by atoms with Gasteiger partial charge in [0.15, 0.2) is 0 Å². The third kappa shape index (κ3) is 2.31. The van der Waals surface area contributed by atoms with Crippen LogP contribution in [-0.2, 0) is 11.2 Å². The van der Waals surface area contributed by atoms with Crippen LogP contribution in [0.3, 0.4) is 0 Å². The van der Waals surface area contributed by atoms with E-state index in [1.54, 1.807) is 0 Å². The molecule has 4 rings (SSSR count). The molecular weight excluding hydrogens is 286 g/mol. The van der Waals surface area contributed by atoms with Gasteiger partial charge in [0.2, 0.25) is 5.91 Å². The smallest absolute Gasteiger partial charge is 0.219 e. The van der Waals surface area contributed by atoms with Crippen LogP contribution in [0.1, 0.15) is 42.4 Å². The van der Waals surface area contributed by atoms with Gasteiger partial charge in [-0.1, -0.05) is 37.3 Å². The lowest BCUT2D eigenvalue weighted by Crippen LogP contribution is -2.24. The molecule has 0 fully saturated rings. The molecule has 1 amide bonds. The normalized spacial score (nSPS) is 17.2. The van der Waals surface area contributed by atoms with Gasteiger partial charge in [0.1, 0.15) is 5.75 Å². The number of rotatable bonds is 4. The summed E-state index contributed by atoms with van der Waals surface area (Å²) >= 11 is 0. The zero-order valence-electron chi connectivity index (χ0n) is 13.4. The lowest BCUT2D eigenvalue weighted by molar-refractivity contribution is -0.120. The van der Waals surface area contributed by atoms with Crippen molar-refractivity contribution in [2.45, 2.75) is 32.1 Å². The van der Waals surface area contributed by atoms with Crippen LogP contribution in [0.25, 0.3) is 11.1 Å². The van der Waals surface area contributed by atoms with E-state index in [1.165, 1.54) is 27.8 Å². The molecule has 3 nitrogen and oxygen atoms in total. The first kappa shape index (κ1) is 14.3. The molecule has 1 heterocycles. The van der Waals surface area contributed by atoms with E-state index in [9.17, 15) is 4.79 Å². The van der Waals surface area contributed by atoms with Crippen LogP contribution in [-0.4, -0.2) is 19.1 Å². The number of nitrogens with one attached hydrogen (secondary N) is 1. The maximum absolute atomic E-state index is 11.5.